The van der Waals surface area contributed by atoms with E-state index >= 15 is 0 Å². The number of rotatable bonds is 8. The standard InChI is InChI=1S/C13H29O3P/c1-6-7-8-9-10-13(11(2)3,12(4)5)17(14,15)16/h11-12H,6-10H2,1-5H3,(H2,14,15,16). The molecule has 0 atom stereocenters. The Morgan fingerprint density at radius 3 is 1.76 bits per heavy atom. The molecule has 0 spiro atoms. The third-order valence-corrected chi connectivity index (χ3v) is 6.31. The second kappa shape index (κ2) is 6.92. The molecule has 0 rings (SSSR count). The van der Waals surface area contributed by atoms with Crippen LogP contribution in [0, 0.1) is 11.8 Å². The Morgan fingerprint density at radius 2 is 1.47 bits per heavy atom. The molecule has 0 amide bonds. The summed E-state index contributed by atoms with van der Waals surface area (Å²) in [7, 11) is -4.07. The molecule has 0 saturated heterocycles. The van der Waals surface area contributed by atoms with Crippen molar-refractivity contribution in [3.05, 3.63) is 0 Å². The average molecular weight is 264 g/mol. The molecule has 0 unspecified atom stereocenters. The van der Waals surface area contributed by atoms with Gasteiger partial charge in [0, 0.05) is 0 Å². The van der Waals surface area contributed by atoms with Crippen LogP contribution in [0.3, 0.4) is 0 Å². The van der Waals surface area contributed by atoms with Gasteiger partial charge < -0.3 is 9.79 Å². The van der Waals surface area contributed by atoms with Crippen molar-refractivity contribution in [2.45, 2.75) is 71.9 Å². The van der Waals surface area contributed by atoms with Crippen LogP contribution in [-0.2, 0) is 4.57 Å². The zero-order valence-corrected chi connectivity index (χ0v) is 12.8. The summed E-state index contributed by atoms with van der Waals surface area (Å²) >= 11 is 0. The first-order chi connectivity index (χ1) is 7.70. The molecule has 0 saturated carbocycles. The van der Waals surface area contributed by atoms with Crippen LogP contribution >= 0.6 is 7.60 Å². The first-order valence-corrected chi connectivity index (χ1v) is 8.37. The van der Waals surface area contributed by atoms with Gasteiger partial charge in [-0.2, -0.15) is 0 Å². The molecular formula is C13H29O3P. The molecule has 104 valence electrons. The first kappa shape index (κ1) is 17.2. The number of unbranched alkanes of at least 4 members (excludes halogenated alkanes) is 3. The Bertz CT molecular complexity index is 247. The van der Waals surface area contributed by atoms with Gasteiger partial charge in [0.1, 0.15) is 0 Å². The Morgan fingerprint density at radius 1 is 1.00 bits per heavy atom. The SMILES string of the molecule is CCCCCCC(C(C)C)(C(C)C)P(=O)(O)O. The number of hydrogen-bond donors (Lipinski definition) is 2. The van der Waals surface area contributed by atoms with Gasteiger partial charge in [-0.15, -0.1) is 0 Å². The van der Waals surface area contributed by atoms with Crippen molar-refractivity contribution < 1.29 is 14.4 Å². The molecular weight excluding hydrogens is 235 g/mol. The Kier molecular flexibility index (Phi) is 6.98. The van der Waals surface area contributed by atoms with E-state index in [1.165, 1.54) is 0 Å². The fraction of sp³-hybridized carbons (Fsp3) is 1.00. The van der Waals surface area contributed by atoms with Crippen LogP contribution in [0.2, 0.25) is 0 Å². The molecule has 0 fully saturated rings. The van der Waals surface area contributed by atoms with Gasteiger partial charge in [-0.1, -0.05) is 60.3 Å². The highest BCUT2D eigenvalue weighted by Crippen LogP contribution is 2.60. The molecule has 0 aliphatic rings. The molecule has 17 heavy (non-hydrogen) atoms. The van der Waals surface area contributed by atoms with Gasteiger partial charge in [-0.05, 0) is 18.3 Å². The minimum absolute atomic E-state index is 0.00459. The quantitative estimate of drug-likeness (QED) is 0.510. The lowest BCUT2D eigenvalue weighted by Crippen LogP contribution is -2.40. The maximum atomic E-state index is 11.9. The van der Waals surface area contributed by atoms with Crippen LogP contribution in [0.15, 0.2) is 0 Å². The van der Waals surface area contributed by atoms with E-state index in [0.29, 0.717) is 6.42 Å². The third kappa shape index (κ3) is 4.08. The van der Waals surface area contributed by atoms with E-state index < -0.39 is 12.8 Å². The van der Waals surface area contributed by atoms with E-state index in [-0.39, 0.29) is 11.8 Å². The van der Waals surface area contributed by atoms with Gasteiger partial charge in [0.15, 0.2) is 0 Å². The van der Waals surface area contributed by atoms with Gasteiger partial charge in [-0.3, -0.25) is 4.57 Å². The van der Waals surface area contributed by atoms with E-state index in [2.05, 4.69) is 6.92 Å². The first-order valence-electron chi connectivity index (χ1n) is 6.75. The maximum Gasteiger partial charge on any atom is 0.332 e. The minimum atomic E-state index is -4.07. The molecule has 0 aliphatic carbocycles. The van der Waals surface area contributed by atoms with Crippen molar-refractivity contribution in [1.82, 2.24) is 0 Å². The lowest BCUT2D eigenvalue weighted by Gasteiger charge is -2.41. The Labute approximate surface area is 106 Å². The molecule has 0 aliphatic heterocycles. The zero-order chi connectivity index (χ0) is 13.7. The van der Waals surface area contributed by atoms with Gasteiger partial charge in [0.2, 0.25) is 0 Å². The summed E-state index contributed by atoms with van der Waals surface area (Å²) in [5.74, 6) is 0.00918. The molecule has 4 heteroatoms. The largest absolute Gasteiger partial charge is 0.332 e. The van der Waals surface area contributed by atoms with E-state index in [4.69, 9.17) is 0 Å². The van der Waals surface area contributed by atoms with Gasteiger partial charge in [-0.25, -0.2) is 0 Å². The van der Waals surface area contributed by atoms with Gasteiger partial charge in [0.25, 0.3) is 0 Å². The van der Waals surface area contributed by atoms with Crippen LogP contribution in [0.5, 0.6) is 0 Å². The van der Waals surface area contributed by atoms with Gasteiger partial charge in [0.05, 0.1) is 5.16 Å². The molecule has 3 nitrogen and oxygen atoms in total. The van der Waals surface area contributed by atoms with E-state index in [1.807, 2.05) is 27.7 Å². The van der Waals surface area contributed by atoms with Crippen molar-refractivity contribution >= 4 is 7.60 Å². The second-order valence-corrected chi connectivity index (χ2v) is 7.58. The molecule has 0 radical (unpaired) electrons. The predicted octanol–water partition coefficient (Wildman–Crippen LogP) is 4.19. The predicted molar refractivity (Wildman–Crippen MR) is 73.2 cm³/mol. The van der Waals surface area contributed by atoms with Crippen LogP contribution in [0.25, 0.3) is 0 Å². The summed E-state index contributed by atoms with van der Waals surface area (Å²) < 4.78 is 11.9. The van der Waals surface area contributed by atoms with Crippen molar-refractivity contribution in [3.8, 4) is 0 Å². The monoisotopic (exact) mass is 264 g/mol. The summed E-state index contributed by atoms with van der Waals surface area (Å²) in [5.41, 5.74) is 0. The topological polar surface area (TPSA) is 57.5 Å². The smallest absolute Gasteiger partial charge is 0.324 e. The molecule has 0 aromatic heterocycles. The molecule has 0 heterocycles. The molecule has 0 aromatic rings. The summed E-state index contributed by atoms with van der Waals surface area (Å²) in [4.78, 5) is 19.5. The molecule has 0 aromatic carbocycles. The normalized spacial score (nSPS) is 13.7. The zero-order valence-electron chi connectivity index (χ0n) is 11.9. The fourth-order valence-corrected chi connectivity index (χ4v) is 4.69. The van der Waals surface area contributed by atoms with E-state index in [1.54, 1.807) is 0 Å². The third-order valence-electron chi connectivity index (χ3n) is 3.97. The van der Waals surface area contributed by atoms with Crippen molar-refractivity contribution in [1.29, 1.82) is 0 Å². The highest BCUT2D eigenvalue weighted by atomic mass is 31.2. The van der Waals surface area contributed by atoms with Crippen molar-refractivity contribution in [2.75, 3.05) is 0 Å². The van der Waals surface area contributed by atoms with Crippen molar-refractivity contribution in [2.24, 2.45) is 11.8 Å². The molecule has 0 bridgehead atoms. The van der Waals surface area contributed by atoms with Gasteiger partial charge >= 0.3 is 7.60 Å². The minimum Gasteiger partial charge on any atom is -0.324 e. The lowest BCUT2D eigenvalue weighted by molar-refractivity contribution is 0.220. The van der Waals surface area contributed by atoms with Crippen LogP contribution in [0.1, 0.15) is 66.7 Å². The van der Waals surface area contributed by atoms with E-state index in [0.717, 1.165) is 25.7 Å². The second-order valence-electron chi connectivity index (χ2n) is 5.66. The summed E-state index contributed by atoms with van der Waals surface area (Å²) in [5, 5.41) is -0.846. The summed E-state index contributed by atoms with van der Waals surface area (Å²) in [6.07, 6.45) is 4.90. The van der Waals surface area contributed by atoms with E-state index in [9.17, 15) is 14.4 Å². The lowest BCUT2D eigenvalue weighted by atomic mass is 9.80. The summed E-state index contributed by atoms with van der Waals surface area (Å²) in [6.45, 7) is 9.86. The summed E-state index contributed by atoms with van der Waals surface area (Å²) in [6, 6.07) is 0. The average Bonchev–Trinajstić information content (AvgIpc) is 2.14. The Balaban J connectivity index is 4.89. The van der Waals surface area contributed by atoms with Crippen molar-refractivity contribution in [3.63, 3.8) is 0 Å². The van der Waals surface area contributed by atoms with Crippen LogP contribution in [-0.4, -0.2) is 14.9 Å². The highest BCUT2D eigenvalue weighted by Gasteiger charge is 2.50. The number of hydrogen-bond acceptors (Lipinski definition) is 1. The highest BCUT2D eigenvalue weighted by molar-refractivity contribution is 7.53. The fourth-order valence-electron chi connectivity index (χ4n) is 2.90. The molecule has 2 N–H and O–H groups in total. The maximum absolute atomic E-state index is 11.9. The van der Waals surface area contributed by atoms with Crippen LogP contribution < -0.4 is 0 Å². The van der Waals surface area contributed by atoms with Crippen LogP contribution in [0.4, 0.5) is 0 Å². The Hall–Kier alpha value is 0.150.